The van der Waals surface area contributed by atoms with Gasteiger partial charge in [-0.2, -0.15) is 0 Å². The fourth-order valence-corrected chi connectivity index (χ4v) is 2.12. The second-order valence-corrected chi connectivity index (χ2v) is 4.98. The van der Waals surface area contributed by atoms with Crippen molar-refractivity contribution in [2.24, 2.45) is 0 Å². The van der Waals surface area contributed by atoms with Crippen molar-refractivity contribution < 1.29 is 9.21 Å². The van der Waals surface area contributed by atoms with Crippen molar-refractivity contribution in [3.63, 3.8) is 0 Å². The third kappa shape index (κ3) is 3.01. The van der Waals surface area contributed by atoms with Crippen LogP contribution < -0.4 is 5.32 Å². The molecule has 0 atom stereocenters. The van der Waals surface area contributed by atoms with Crippen LogP contribution in [0.25, 0.3) is 6.08 Å². The normalized spacial score (nSPS) is 19.3. The highest BCUT2D eigenvalue weighted by atomic mass is 16.3. The van der Waals surface area contributed by atoms with Crippen molar-refractivity contribution in [2.75, 3.05) is 20.1 Å². The molecule has 1 fully saturated rings. The Morgan fingerprint density at radius 1 is 1.50 bits per heavy atom. The third-order valence-corrected chi connectivity index (χ3v) is 3.72. The van der Waals surface area contributed by atoms with Crippen LogP contribution in [0.5, 0.6) is 0 Å². The number of amides is 1. The maximum Gasteiger partial charge on any atom is 0.246 e. The zero-order valence-corrected chi connectivity index (χ0v) is 11.0. The topological polar surface area (TPSA) is 45.5 Å². The number of carbonyl (C=O) groups is 1. The third-order valence-electron chi connectivity index (χ3n) is 3.72. The van der Waals surface area contributed by atoms with Gasteiger partial charge in [-0.05, 0) is 45.0 Å². The molecule has 1 N–H and O–H groups in total. The monoisotopic (exact) mass is 248 g/mol. The van der Waals surface area contributed by atoms with E-state index in [0.29, 0.717) is 5.76 Å². The molecule has 0 bridgehead atoms. The molecule has 0 saturated carbocycles. The lowest BCUT2D eigenvalue weighted by Gasteiger charge is -2.38. The Kier molecular flexibility index (Phi) is 3.87. The second kappa shape index (κ2) is 5.40. The van der Waals surface area contributed by atoms with Gasteiger partial charge < -0.3 is 14.6 Å². The molecule has 1 amide bonds. The molecule has 4 heteroatoms. The van der Waals surface area contributed by atoms with E-state index in [1.54, 1.807) is 18.4 Å². The van der Waals surface area contributed by atoms with Crippen LogP contribution in [-0.4, -0.2) is 36.5 Å². The summed E-state index contributed by atoms with van der Waals surface area (Å²) in [5, 5.41) is 3.32. The van der Waals surface area contributed by atoms with Gasteiger partial charge in [0.05, 0.1) is 6.26 Å². The number of hydrogen-bond acceptors (Lipinski definition) is 3. The van der Waals surface area contributed by atoms with E-state index in [1.165, 1.54) is 0 Å². The minimum atomic E-state index is 0.0598. The molecule has 98 valence electrons. The molecular weight excluding hydrogens is 228 g/mol. The maximum atomic E-state index is 12.0. The number of likely N-dealkylation sites (tertiary alicyclic amines) is 1. The molecule has 1 aromatic heterocycles. The van der Waals surface area contributed by atoms with Gasteiger partial charge in [-0.15, -0.1) is 0 Å². The minimum Gasteiger partial charge on any atom is -0.465 e. The predicted octanol–water partition coefficient (Wildman–Crippen LogP) is 1.89. The van der Waals surface area contributed by atoms with Crippen molar-refractivity contribution in [1.29, 1.82) is 0 Å². The molecule has 0 aliphatic carbocycles. The smallest absolute Gasteiger partial charge is 0.246 e. The molecule has 1 aromatic rings. The Morgan fingerprint density at radius 2 is 2.22 bits per heavy atom. The van der Waals surface area contributed by atoms with Crippen LogP contribution in [-0.2, 0) is 4.79 Å². The number of nitrogens with zero attached hydrogens (tertiary/aromatic N) is 1. The van der Waals surface area contributed by atoms with Gasteiger partial charge in [0, 0.05) is 24.7 Å². The van der Waals surface area contributed by atoms with Gasteiger partial charge in [-0.1, -0.05) is 0 Å². The van der Waals surface area contributed by atoms with E-state index in [-0.39, 0.29) is 11.4 Å². The summed E-state index contributed by atoms with van der Waals surface area (Å²) in [5.74, 6) is 0.768. The standard InChI is InChI=1S/C14H20N2O2/c1-14(15-2)7-9-16(10-8-14)13(17)6-5-12-4-3-11-18-12/h3-6,11,15H,7-10H2,1-2H3/b6-5+. The second-order valence-electron chi connectivity index (χ2n) is 4.98. The van der Waals surface area contributed by atoms with Crippen LogP contribution in [0.1, 0.15) is 25.5 Å². The molecule has 2 heterocycles. The SMILES string of the molecule is CNC1(C)CCN(C(=O)/C=C/c2ccco2)CC1. The van der Waals surface area contributed by atoms with Crippen LogP contribution in [0, 0.1) is 0 Å². The number of hydrogen-bond donors (Lipinski definition) is 1. The van der Waals surface area contributed by atoms with Gasteiger partial charge in [0.2, 0.25) is 5.91 Å². The highest BCUT2D eigenvalue weighted by Crippen LogP contribution is 2.21. The van der Waals surface area contributed by atoms with Crippen LogP contribution in [0.2, 0.25) is 0 Å². The lowest BCUT2D eigenvalue weighted by atomic mass is 9.90. The maximum absolute atomic E-state index is 12.0. The fourth-order valence-electron chi connectivity index (χ4n) is 2.12. The van der Waals surface area contributed by atoms with E-state index >= 15 is 0 Å². The van der Waals surface area contributed by atoms with Crippen LogP contribution >= 0.6 is 0 Å². The van der Waals surface area contributed by atoms with Gasteiger partial charge in [-0.3, -0.25) is 4.79 Å². The van der Waals surface area contributed by atoms with Crippen LogP contribution in [0.4, 0.5) is 0 Å². The summed E-state index contributed by atoms with van der Waals surface area (Å²) in [4.78, 5) is 13.9. The molecular formula is C14H20N2O2. The summed E-state index contributed by atoms with van der Waals surface area (Å²) in [6, 6.07) is 3.64. The van der Waals surface area contributed by atoms with E-state index < -0.39 is 0 Å². The van der Waals surface area contributed by atoms with Crippen molar-refractivity contribution in [3.8, 4) is 0 Å². The van der Waals surface area contributed by atoms with Gasteiger partial charge in [0.15, 0.2) is 0 Å². The van der Waals surface area contributed by atoms with E-state index in [4.69, 9.17) is 4.42 Å². The summed E-state index contributed by atoms with van der Waals surface area (Å²) in [6.07, 6.45) is 6.88. The molecule has 4 nitrogen and oxygen atoms in total. The predicted molar refractivity (Wildman–Crippen MR) is 71.0 cm³/mol. The van der Waals surface area contributed by atoms with Gasteiger partial charge >= 0.3 is 0 Å². The lowest BCUT2D eigenvalue weighted by Crippen LogP contribution is -2.51. The Hall–Kier alpha value is -1.55. The molecule has 1 aliphatic rings. The first-order chi connectivity index (χ1) is 8.63. The average molecular weight is 248 g/mol. The van der Waals surface area contributed by atoms with Crippen LogP contribution in [0.3, 0.4) is 0 Å². The molecule has 0 aromatic carbocycles. The van der Waals surface area contributed by atoms with Gasteiger partial charge in [-0.25, -0.2) is 0 Å². The number of carbonyl (C=O) groups excluding carboxylic acids is 1. The molecule has 1 aliphatic heterocycles. The summed E-state index contributed by atoms with van der Waals surface area (Å²) in [7, 11) is 1.98. The summed E-state index contributed by atoms with van der Waals surface area (Å²) in [5.41, 5.74) is 0.168. The minimum absolute atomic E-state index is 0.0598. The zero-order chi connectivity index (χ0) is 13.0. The quantitative estimate of drug-likeness (QED) is 0.831. The van der Waals surface area contributed by atoms with E-state index in [9.17, 15) is 4.79 Å². The number of nitrogens with one attached hydrogen (secondary N) is 1. The molecule has 0 spiro atoms. The van der Waals surface area contributed by atoms with Crippen molar-refractivity contribution >= 4 is 12.0 Å². The Bertz CT molecular complexity index is 415. The number of furan rings is 1. The summed E-state index contributed by atoms with van der Waals surface area (Å²) in [6.45, 7) is 3.81. The van der Waals surface area contributed by atoms with Crippen molar-refractivity contribution in [3.05, 3.63) is 30.2 Å². The molecule has 2 rings (SSSR count). The first-order valence-electron chi connectivity index (χ1n) is 6.32. The van der Waals surface area contributed by atoms with E-state index in [0.717, 1.165) is 25.9 Å². The molecule has 0 unspecified atom stereocenters. The Morgan fingerprint density at radius 3 is 2.78 bits per heavy atom. The van der Waals surface area contributed by atoms with Crippen LogP contribution in [0.15, 0.2) is 28.9 Å². The Balaban J connectivity index is 1.88. The van der Waals surface area contributed by atoms with Gasteiger partial charge in [0.1, 0.15) is 5.76 Å². The first kappa shape index (κ1) is 12.9. The van der Waals surface area contributed by atoms with Crippen molar-refractivity contribution in [2.45, 2.75) is 25.3 Å². The summed E-state index contributed by atoms with van der Waals surface area (Å²) >= 11 is 0. The van der Waals surface area contributed by atoms with E-state index in [2.05, 4.69) is 12.2 Å². The average Bonchev–Trinajstić information content (AvgIpc) is 2.90. The highest BCUT2D eigenvalue weighted by molar-refractivity contribution is 5.91. The largest absolute Gasteiger partial charge is 0.465 e. The number of rotatable bonds is 3. The summed E-state index contributed by atoms with van der Waals surface area (Å²) < 4.78 is 5.15. The van der Waals surface area contributed by atoms with E-state index in [1.807, 2.05) is 24.1 Å². The van der Waals surface area contributed by atoms with Crippen molar-refractivity contribution in [1.82, 2.24) is 10.2 Å². The number of piperidine rings is 1. The molecule has 1 saturated heterocycles. The zero-order valence-electron chi connectivity index (χ0n) is 11.0. The first-order valence-corrected chi connectivity index (χ1v) is 6.32. The Labute approximate surface area is 108 Å². The molecule has 0 radical (unpaired) electrons. The molecule has 18 heavy (non-hydrogen) atoms. The highest BCUT2D eigenvalue weighted by Gasteiger charge is 2.29. The lowest BCUT2D eigenvalue weighted by molar-refractivity contribution is -0.127. The fraction of sp³-hybridized carbons (Fsp3) is 0.500. The van der Waals surface area contributed by atoms with Gasteiger partial charge in [0.25, 0.3) is 0 Å².